The zero-order valence-corrected chi connectivity index (χ0v) is 10.9. The second-order valence-electron chi connectivity index (χ2n) is 3.36. The van der Waals surface area contributed by atoms with Gasteiger partial charge >= 0.3 is 12.0 Å². The van der Waals surface area contributed by atoms with Crippen LogP contribution in [0.25, 0.3) is 0 Å². The van der Waals surface area contributed by atoms with E-state index in [1.165, 1.54) is 18.4 Å². The van der Waals surface area contributed by atoms with Gasteiger partial charge in [-0.25, -0.2) is 4.79 Å². The van der Waals surface area contributed by atoms with Crippen molar-refractivity contribution in [3.8, 4) is 0 Å². The van der Waals surface area contributed by atoms with E-state index in [1.807, 2.05) is 0 Å². The quantitative estimate of drug-likeness (QED) is 0.778. The van der Waals surface area contributed by atoms with Crippen LogP contribution < -0.4 is 5.32 Å². The number of ether oxygens (including phenoxy) is 1. The molecule has 0 radical (unpaired) electrons. The van der Waals surface area contributed by atoms with Gasteiger partial charge in [0.05, 0.1) is 6.61 Å². The van der Waals surface area contributed by atoms with Crippen LogP contribution in [0.2, 0.25) is 0 Å². The molecule has 0 aliphatic rings. The van der Waals surface area contributed by atoms with E-state index in [9.17, 15) is 9.59 Å². The highest BCUT2D eigenvalue weighted by Crippen LogP contribution is 2.14. The smallest absolute Gasteiger partial charge is 0.324 e. The lowest BCUT2D eigenvalue weighted by molar-refractivity contribution is -0.137. The molecule has 0 spiro atoms. The molecule has 0 bridgehead atoms. The number of nitrogens with one attached hydrogen (secondary N) is 1. The summed E-state index contributed by atoms with van der Waals surface area (Å²) in [6, 6.07) is -0.536. The predicted octanol–water partition coefficient (Wildman–Crippen LogP) is 0.411. The molecule has 1 heterocycles. The summed E-state index contributed by atoms with van der Waals surface area (Å²) < 4.78 is 4.82. The van der Waals surface area contributed by atoms with Gasteiger partial charge in [0.2, 0.25) is 5.13 Å². The summed E-state index contributed by atoms with van der Waals surface area (Å²) in [5, 5.41) is 19.7. The first kappa shape index (κ1) is 14.3. The van der Waals surface area contributed by atoms with E-state index >= 15 is 0 Å². The van der Waals surface area contributed by atoms with Gasteiger partial charge in [0.15, 0.2) is 0 Å². The average molecular weight is 274 g/mol. The summed E-state index contributed by atoms with van der Waals surface area (Å²) in [5.74, 6) is -1.09. The molecule has 1 aromatic heterocycles. The van der Waals surface area contributed by atoms with Gasteiger partial charge in [-0.3, -0.25) is 10.1 Å². The van der Waals surface area contributed by atoms with Gasteiger partial charge in [0.1, 0.15) is 11.6 Å². The first-order chi connectivity index (χ1) is 8.52. The molecule has 8 nitrogen and oxygen atoms in total. The van der Waals surface area contributed by atoms with Crippen LogP contribution in [-0.2, 0) is 9.53 Å². The van der Waals surface area contributed by atoms with Crippen LogP contribution >= 0.6 is 11.3 Å². The minimum atomic E-state index is -1.09. The number of carboxylic acids is 1. The number of aromatic nitrogens is 2. The third kappa shape index (κ3) is 4.63. The topological polar surface area (TPSA) is 105 Å². The van der Waals surface area contributed by atoms with Crippen LogP contribution in [0.5, 0.6) is 0 Å². The number of hydrogen-bond donors (Lipinski definition) is 2. The van der Waals surface area contributed by atoms with E-state index < -0.39 is 18.5 Å². The lowest BCUT2D eigenvalue weighted by atomic mass is 10.5. The molecule has 0 atom stereocenters. The summed E-state index contributed by atoms with van der Waals surface area (Å²) >= 11 is 1.22. The number of carbonyl (C=O) groups excluding carboxylic acids is 1. The fraction of sp³-hybridized carbons (Fsp3) is 0.556. The maximum Gasteiger partial charge on any atom is 0.324 e. The minimum Gasteiger partial charge on any atom is -0.480 e. The molecule has 0 saturated carbocycles. The average Bonchev–Trinajstić information content (AvgIpc) is 2.69. The zero-order valence-electron chi connectivity index (χ0n) is 10.0. The third-order valence-electron chi connectivity index (χ3n) is 1.92. The maximum absolute atomic E-state index is 11.8. The fourth-order valence-corrected chi connectivity index (χ4v) is 1.72. The Morgan fingerprint density at radius 2 is 2.22 bits per heavy atom. The number of anilines is 1. The number of nitrogens with zero attached hydrogens (tertiary/aromatic N) is 3. The molecule has 0 aliphatic heterocycles. The van der Waals surface area contributed by atoms with Crippen LogP contribution in [0.15, 0.2) is 0 Å². The molecule has 2 amide bonds. The maximum atomic E-state index is 11.8. The van der Waals surface area contributed by atoms with Gasteiger partial charge in [-0.05, 0) is 6.92 Å². The summed E-state index contributed by atoms with van der Waals surface area (Å²) in [4.78, 5) is 23.6. The number of hydrogen-bond acceptors (Lipinski definition) is 6. The first-order valence-corrected chi connectivity index (χ1v) is 5.91. The van der Waals surface area contributed by atoms with Crippen LogP contribution in [0.3, 0.4) is 0 Å². The predicted molar refractivity (Wildman–Crippen MR) is 64.7 cm³/mol. The van der Waals surface area contributed by atoms with Crippen LogP contribution in [0, 0.1) is 6.92 Å². The molecule has 0 aliphatic carbocycles. The van der Waals surface area contributed by atoms with Crippen LogP contribution in [0.1, 0.15) is 5.01 Å². The molecule has 0 unspecified atom stereocenters. The van der Waals surface area contributed by atoms with E-state index in [4.69, 9.17) is 9.84 Å². The van der Waals surface area contributed by atoms with Crippen molar-refractivity contribution in [3.63, 3.8) is 0 Å². The van der Waals surface area contributed by atoms with Crippen molar-refractivity contribution in [2.45, 2.75) is 6.92 Å². The Balaban J connectivity index is 2.60. The number of aliphatic carboxylic acids is 1. The number of urea groups is 1. The molecule has 9 heteroatoms. The molecule has 0 saturated heterocycles. The Labute approximate surface area is 108 Å². The molecule has 2 N–H and O–H groups in total. The van der Waals surface area contributed by atoms with E-state index in [2.05, 4.69) is 15.5 Å². The van der Waals surface area contributed by atoms with Crippen molar-refractivity contribution in [3.05, 3.63) is 5.01 Å². The molecule has 0 aromatic carbocycles. The van der Waals surface area contributed by atoms with Gasteiger partial charge in [-0.15, -0.1) is 10.2 Å². The molecule has 1 rings (SSSR count). The first-order valence-electron chi connectivity index (χ1n) is 5.09. The van der Waals surface area contributed by atoms with E-state index in [0.717, 1.165) is 4.90 Å². The lowest BCUT2D eigenvalue weighted by Crippen LogP contribution is -2.40. The van der Waals surface area contributed by atoms with Gasteiger partial charge in [0, 0.05) is 13.7 Å². The van der Waals surface area contributed by atoms with Gasteiger partial charge in [-0.2, -0.15) is 0 Å². The van der Waals surface area contributed by atoms with Crippen molar-refractivity contribution in [2.24, 2.45) is 0 Å². The number of carboxylic acid groups (broad SMARTS) is 1. The van der Waals surface area contributed by atoms with E-state index in [1.54, 1.807) is 6.92 Å². The summed E-state index contributed by atoms with van der Waals surface area (Å²) in [6.45, 7) is 1.81. The second kappa shape index (κ2) is 6.87. The lowest BCUT2D eigenvalue weighted by Gasteiger charge is -2.19. The Kier molecular flexibility index (Phi) is 5.46. The number of methoxy groups -OCH3 is 1. The van der Waals surface area contributed by atoms with Gasteiger partial charge in [0.25, 0.3) is 0 Å². The normalized spacial score (nSPS) is 10.1. The Hall–Kier alpha value is -1.74. The highest BCUT2D eigenvalue weighted by atomic mass is 32.1. The molecule has 100 valence electrons. The number of carbonyl (C=O) groups is 2. The summed E-state index contributed by atoms with van der Waals surface area (Å²) in [7, 11) is 1.48. The Bertz CT molecular complexity index is 422. The molecular weight excluding hydrogens is 260 g/mol. The van der Waals surface area contributed by atoms with Crippen molar-refractivity contribution in [2.75, 3.05) is 32.1 Å². The van der Waals surface area contributed by atoms with E-state index in [0.29, 0.717) is 10.1 Å². The monoisotopic (exact) mass is 274 g/mol. The van der Waals surface area contributed by atoms with Gasteiger partial charge < -0.3 is 14.7 Å². The number of amides is 2. The Morgan fingerprint density at radius 3 is 2.72 bits per heavy atom. The second-order valence-corrected chi connectivity index (χ2v) is 4.55. The van der Waals surface area contributed by atoms with Crippen molar-refractivity contribution < 1.29 is 19.4 Å². The largest absolute Gasteiger partial charge is 0.480 e. The number of rotatable bonds is 6. The molecule has 0 fully saturated rings. The summed E-state index contributed by atoms with van der Waals surface area (Å²) in [6.07, 6.45) is 0. The number of aryl methyl sites for hydroxylation is 1. The molecular formula is C9H14N4O4S. The highest BCUT2D eigenvalue weighted by Gasteiger charge is 2.17. The minimum absolute atomic E-state index is 0.187. The Morgan fingerprint density at radius 1 is 1.50 bits per heavy atom. The zero-order chi connectivity index (χ0) is 13.5. The molecule has 1 aromatic rings. The van der Waals surface area contributed by atoms with Crippen LogP contribution in [-0.4, -0.2) is 59.0 Å². The third-order valence-corrected chi connectivity index (χ3v) is 2.67. The molecule has 18 heavy (non-hydrogen) atoms. The fourth-order valence-electron chi connectivity index (χ4n) is 1.13. The van der Waals surface area contributed by atoms with Crippen molar-refractivity contribution in [1.29, 1.82) is 0 Å². The van der Waals surface area contributed by atoms with Crippen LogP contribution in [0.4, 0.5) is 9.93 Å². The summed E-state index contributed by atoms with van der Waals surface area (Å²) in [5.41, 5.74) is 0. The van der Waals surface area contributed by atoms with Crippen molar-refractivity contribution >= 4 is 28.5 Å². The van der Waals surface area contributed by atoms with Crippen molar-refractivity contribution in [1.82, 2.24) is 15.1 Å². The van der Waals surface area contributed by atoms with E-state index in [-0.39, 0.29) is 13.2 Å². The highest BCUT2D eigenvalue weighted by molar-refractivity contribution is 7.15. The van der Waals surface area contributed by atoms with Gasteiger partial charge in [-0.1, -0.05) is 11.3 Å². The SMILES string of the molecule is COCCN(CC(=O)O)C(=O)Nc1nnc(C)s1. The standard InChI is InChI=1S/C9H14N4O4S/c1-6-11-12-8(18-6)10-9(16)13(3-4-17-2)5-7(14)15/h3-5H2,1-2H3,(H,14,15)(H,10,12,16).